The second-order valence-corrected chi connectivity index (χ2v) is 11.4. The Morgan fingerprint density at radius 3 is 1.39 bits per heavy atom. The molecule has 2 aliphatic carbocycles. The summed E-state index contributed by atoms with van der Waals surface area (Å²) in [6.07, 6.45) is 20.6. The molecule has 0 heteroatoms. The van der Waals surface area contributed by atoms with Gasteiger partial charge in [0.25, 0.3) is 0 Å². The van der Waals surface area contributed by atoms with Crippen LogP contribution < -0.4 is 0 Å². The Bertz CT molecular complexity index is 783. The second kappa shape index (κ2) is 12.8. The molecule has 4 rings (SSSR count). The van der Waals surface area contributed by atoms with Gasteiger partial charge in [-0.15, -0.1) is 0 Å². The average molecular weight is 445 g/mol. The lowest BCUT2D eigenvalue weighted by molar-refractivity contribution is 0.348. The molecule has 33 heavy (non-hydrogen) atoms. The summed E-state index contributed by atoms with van der Waals surface area (Å²) in [5.41, 5.74) is 6.31. The predicted molar refractivity (Wildman–Crippen MR) is 144 cm³/mol. The summed E-state index contributed by atoms with van der Waals surface area (Å²) in [4.78, 5) is 0. The van der Waals surface area contributed by atoms with Crippen molar-refractivity contribution in [3.63, 3.8) is 0 Å². The fourth-order valence-electron chi connectivity index (χ4n) is 6.46. The van der Waals surface area contributed by atoms with Gasteiger partial charge in [-0.3, -0.25) is 0 Å². The number of benzene rings is 2. The van der Waals surface area contributed by atoms with E-state index in [1.54, 1.807) is 16.7 Å². The van der Waals surface area contributed by atoms with Crippen molar-refractivity contribution in [2.75, 3.05) is 0 Å². The SMILES string of the molecule is CCCCCCCCc1ccc(C2CCC(c3ccc(C4CCC(C)CC4)cc3)CC2)cc1. The maximum Gasteiger partial charge on any atom is -0.0162 e. The van der Waals surface area contributed by atoms with Crippen molar-refractivity contribution in [2.24, 2.45) is 5.92 Å². The maximum absolute atomic E-state index is 2.47. The topological polar surface area (TPSA) is 0 Å². The van der Waals surface area contributed by atoms with E-state index in [2.05, 4.69) is 62.4 Å². The molecule has 0 saturated heterocycles. The first-order valence-corrected chi connectivity index (χ1v) is 14.4. The van der Waals surface area contributed by atoms with E-state index < -0.39 is 0 Å². The van der Waals surface area contributed by atoms with E-state index in [0.717, 1.165) is 23.7 Å². The summed E-state index contributed by atoms with van der Waals surface area (Å²) in [5, 5.41) is 0. The maximum atomic E-state index is 2.47. The van der Waals surface area contributed by atoms with Gasteiger partial charge in [0.05, 0.1) is 0 Å². The predicted octanol–water partition coefficient (Wildman–Crippen LogP) is 10.3. The van der Waals surface area contributed by atoms with Crippen LogP contribution >= 0.6 is 0 Å². The second-order valence-electron chi connectivity index (χ2n) is 11.4. The first-order chi connectivity index (χ1) is 16.2. The van der Waals surface area contributed by atoms with Crippen LogP contribution in [0.2, 0.25) is 0 Å². The molecular weight excluding hydrogens is 396 g/mol. The van der Waals surface area contributed by atoms with E-state index in [-0.39, 0.29) is 0 Å². The van der Waals surface area contributed by atoms with Crippen molar-refractivity contribution in [1.29, 1.82) is 0 Å². The number of unbranched alkanes of at least 4 members (excludes halogenated alkanes) is 5. The molecule has 0 amide bonds. The lowest BCUT2D eigenvalue weighted by atomic mass is 9.75. The Kier molecular flexibility index (Phi) is 9.51. The minimum absolute atomic E-state index is 0.771. The third-order valence-corrected chi connectivity index (χ3v) is 8.89. The summed E-state index contributed by atoms with van der Waals surface area (Å²) >= 11 is 0. The molecule has 0 N–H and O–H groups in total. The molecule has 2 saturated carbocycles. The average Bonchev–Trinajstić information content (AvgIpc) is 2.87. The summed E-state index contributed by atoms with van der Waals surface area (Å²) < 4.78 is 0. The van der Waals surface area contributed by atoms with E-state index in [0.29, 0.717) is 0 Å². The van der Waals surface area contributed by atoms with E-state index >= 15 is 0 Å². The highest BCUT2D eigenvalue weighted by molar-refractivity contribution is 5.30. The van der Waals surface area contributed by atoms with Crippen molar-refractivity contribution in [2.45, 2.75) is 128 Å². The Morgan fingerprint density at radius 2 is 0.909 bits per heavy atom. The van der Waals surface area contributed by atoms with Crippen LogP contribution in [0.1, 0.15) is 144 Å². The minimum atomic E-state index is 0.771. The summed E-state index contributed by atoms with van der Waals surface area (Å²) in [7, 11) is 0. The lowest BCUT2D eigenvalue weighted by Gasteiger charge is -2.30. The highest BCUT2D eigenvalue weighted by Crippen LogP contribution is 2.41. The molecule has 0 unspecified atom stereocenters. The Hall–Kier alpha value is -1.56. The van der Waals surface area contributed by atoms with Crippen LogP contribution in [0.15, 0.2) is 48.5 Å². The Labute approximate surface area is 204 Å². The van der Waals surface area contributed by atoms with Crippen LogP contribution in [0.3, 0.4) is 0 Å². The normalized spacial score (nSPS) is 25.8. The van der Waals surface area contributed by atoms with E-state index in [9.17, 15) is 0 Å². The van der Waals surface area contributed by atoms with Gasteiger partial charge in [-0.2, -0.15) is 0 Å². The lowest BCUT2D eigenvalue weighted by Crippen LogP contribution is -2.13. The zero-order valence-electron chi connectivity index (χ0n) is 21.5. The first kappa shape index (κ1) is 24.6. The molecule has 0 radical (unpaired) electrons. The van der Waals surface area contributed by atoms with E-state index in [1.165, 1.54) is 102 Å². The monoisotopic (exact) mass is 444 g/mol. The molecule has 0 nitrogen and oxygen atoms in total. The van der Waals surface area contributed by atoms with Gasteiger partial charge in [-0.1, -0.05) is 107 Å². The third kappa shape index (κ3) is 7.21. The summed E-state index contributed by atoms with van der Waals surface area (Å²) in [5.74, 6) is 3.30. The van der Waals surface area contributed by atoms with Crippen LogP contribution in [-0.2, 0) is 6.42 Å². The number of aryl methyl sites for hydroxylation is 1. The van der Waals surface area contributed by atoms with Gasteiger partial charge in [0.15, 0.2) is 0 Å². The van der Waals surface area contributed by atoms with Gasteiger partial charge >= 0.3 is 0 Å². The largest absolute Gasteiger partial charge is 0.0654 e. The van der Waals surface area contributed by atoms with Crippen molar-refractivity contribution in [3.8, 4) is 0 Å². The van der Waals surface area contributed by atoms with Gasteiger partial charge < -0.3 is 0 Å². The first-order valence-electron chi connectivity index (χ1n) is 14.4. The van der Waals surface area contributed by atoms with Crippen LogP contribution in [-0.4, -0.2) is 0 Å². The van der Waals surface area contributed by atoms with Crippen LogP contribution in [0.4, 0.5) is 0 Å². The number of rotatable bonds is 10. The molecule has 2 aromatic carbocycles. The number of hydrogen-bond acceptors (Lipinski definition) is 0. The van der Waals surface area contributed by atoms with Gasteiger partial charge in [-0.25, -0.2) is 0 Å². The third-order valence-electron chi connectivity index (χ3n) is 8.89. The zero-order chi connectivity index (χ0) is 22.9. The van der Waals surface area contributed by atoms with Crippen molar-refractivity contribution in [1.82, 2.24) is 0 Å². The minimum Gasteiger partial charge on any atom is -0.0654 e. The van der Waals surface area contributed by atoms with E-state index in [1.807, 2.05) is 0 Å². The summed E-state index contributed by atoms with van der Waals surface area (Å²) in [6.45, 7) is 4.71. The Morgan fingerprint density at radius 1 is 0.515 bits per heavy atom. The fourth-order valence-corrected chi connectivity index (χ4v) is 6.46. The smallest absolute Gasteiger partial charge is 0.0162 e. The molecule has 2 aromatic rings. The molecule has 180 valence electrons. The molecule has 2 fully saturated rings. The molecule has 0 aromatic heterocycles. The van der Waals surface area contributed by atoms with Crippen molar-refractivity contribution < 1.29 is 0 Å². The summed E-state index contributed by atoms with van der Waals surface area (Å²) in [6, 6.07) is 19.6. The fraction of sp³-hybridized carbons (Fsp3) is 0.636. The van der Waals surface area contributed by atoms with Crippen LogP contribution in [0.25, 0.3) is 0 Å². The molecule has 0 atom stereocenters. The Balaban J connectivity index is 1.21. The van der Waals surface area contributed by atoms with Gasteiger partial charge in [0.2, 0.25) is 0 Å². The molecule has 0 bridgehead atoms. The van der Waals surface area contributed by atoms with E-state index in [4.69, 9.17) is 0 Å². The number of hydrogen-bond donors (Lipinski definition) is 0. The molecule has 0 spiro atoms. The van der Waals surface area contributed by atoms with Crippen LogP contribution in [0.5, 0.6) is 0 Å². The van der Waals surface area contributed by atoms with Crippen molar-refractivity contribution in [3.05, 3.63) is 70.8 Å². The molecular formula is C33H48. The quantitative estimate of drug-likeness (QED) is 0.320. The van der Waals surface area contributed by atoms with Gasteiger partial charge in [0.1, 0.15) is 0 Å². The van der Waals surface area contributed by atoms with Gasteiger partial charge in [-0.05, 0) is 97.3 Å². The highest BCUT2D eigenvalue weighted by Gasteiger charge is 2.24. The van der Waals surface area contributed by atoms with Crippen molar-refractivity contribution >= 4 is 0 Å². The molecule has 0 aliphatic heterocycles. The zero-order valence-corrected chi connectivity index (χ0v) is 21.5. The van der Waals surface area contributed by atoms with Gasteiger partial charge in [0, 0.05) is 0 Å². The molecule has 2 aliphatic rings. The molecule has 0 heterocycles. The standard InChI is InChI=1S/C33H48/c1-3-4-5-6-7-8-9-27-12-16-29(17-13-27)31-20-24-33(25-21-31)32-22-18-30(19-23-32)28-14-10-26(2)11-15-28/h12-13,16-19,22-23,26,28,31,33H,3-11,14-15,20-21,24-25H2,1-2H3. The van der Waals surface area contributed by atoms with Crippen LogP contribution in [0, 0.1) is 5.92 Å². The highest BCUT2D eigenvalue weighted by atomic mass is 14.3.